The third-order valence-electron chi connectivity index (χ3n) is 2.71. The van der Waals surface area contributed by atoms with Crippen LogP contribution >= 0.6 is 0 Å². The molecule has 1 saturated heterocycles. The first kappa shape index (κ1) is 10.2. The maximum atomic E-state index is 11.7. The fourth-order valence-corrected chi connectivity index (χ4v) is 1.81. The molecule has 0 radical (unpaired) electrons. The molecule has 15 heavy (non-hydrogen) atoms. The molecule has 1 unspecified atom stereocenters. The molecule has 2 N–H and O–H groups in total. The number of H-pyrrole nitrogens is 1. The van der Waals surface area contributed by atoms with E-state index in [9.17, 15) is 4.79 Å². The number of aromatic amines is 1. The fraction of sp³-hybridized carbons (Fsp3) is 0.545. The van der Waals surface area contributed by atoms with Gasteiger partial charge in [-0.05, 0) is 25.8 Å². The van der Waals surface area contributed by atoms with Crippen molar-refractivity contribution in [2.24, 2.45) is 0 Å². The first-order chi connectivity index (χ1) is 7.27. The van der Waals surface area contributed by atoms with E-state index in [1.807, 2.05) is 6.92 Å². The Bertz CT molecular complexity index is 340. The molecule has 1 atom stereocenters. The Hall–Kier alpha value is -1.29. The number of aryl methyl sites for hydroxylation is 1. The van der Waals surface area contributed by atoms with Gasteiger partial charge in [-0.25, -0.2) is 0 Å². The summed E-state index contributed by atoms with van der Waals surface area (Å²) in [5, 5.41) is 2.88. The number of rotatable bonds is 3. The van der Waals surface area contributed by atoms with Crippen molar-refractivity contribution in [2.45, 2.75) is 25.9 Å². The van der Waals surface area contributed by atoms with E-state index in [1.54, 1.807) is 12.3 Å². The number of ether oxygens (including phenoxy) is 1. The van der Waals surface area contributed by atoms with Gasteiger partial charge < -0.3 is 15.0 Å². The van der Waals surface area contributed by atoms with Gasteiger partial charge >= 0.3 is 0 Å². The molecule has 4 nitrogen and oxygen atoms in total. The second-order valence-corrected chi connectivity index (χ2v) is 3.86. The molecule has 0 bridgehead atoms. The van der Waals surface area contributed by atoms with Crippen LogP contribution in [0.4, 0.5) is 0 Å². The van der Waals surface area contributed by atoms with Crippen LogP contribution in [0.3, 0.4) is 0 Å². The number of aromatic nitrogens is 1. The summed E-state index contributed by atoms with van der Waals surface area (Å²) in [5.41, 5.74) is 1.62. The lowest BCUT2D eigenvalue weighted by Crippen LogP contribution is -2.31. The molecule has 0 aromatic carbocycles. The molecule has 1 aliphatic rings. The number of hydrogen-bond donors (Lipinski definition) is 2. The monoisotopic (exact) mass is 208 g/mol. The van der Waals surface area contributed by atoms with Crippen LogP contribution in [0.25, 0.3) is 0 Å². The number of carbonyl (C=O) groups excluding carboxylic acids is 1. The quantitative estimate of drug-likeness (QED) is 0.785. The Morgan fingerprint density at radius 3 is 3.20 bits per heavy atom. The van der Waals surface area contributed by atoms with Gasteiger partial charge in [0.1, 0.15) is 0 Å². The van der Waals surface area contributed by atoms with Crippen LogP contribution < -0.4 is 5.32 Å². The zero-order valence-corrected chi connectivity index (χ0v) is 8.88. The minimum Gasteiger partial charge on any atom is -0.376 e. The van der Waals surface area contributed by atoms with Crippen molar-refractivity contribution in [1.29, 1.82) is 0 Å². The summed E-state index contributed by atoms with van der Waals surface area (Å²) < 4.78 is 5.43. The molecule has 4 heteroatoms. The van der Waals surface area contributed by atoms with Crippen LogP contribution in [0.5, 0.6) is 0 Å². The summed E-state index contributed by atoms with van der Waals surface area (Å²) in [5.74, 6) is -0.0238. The second kappa shape index (κ2) is 4.49. The summed E-state index contributed by atoms with van der Waals surface area (Å²) in [6.45, 7) is 3.33. The van der Waals surface area contributed by atoms with Gasteiger partial charge in [-0.15, -0.1) is 0 Å². The predicted octanol–water partition coefficient (Wildman–Crippen LogP) is 1.23. The van der Waals surface area contributed by atoms with Gasteiger partial charge in [0.25, 0.3) is 5.91 Å². The summed E-state index contributed by atoms with van der Waals surface area (Å²) in [7, 11) is 0. The van der Waals surface area contributed by atoms with E-state index >= 15 is 0 Å². The highest BCUT2D eigenvalue weighted by atomic mass is 16.5. The molecule has 82 valence electrons. The van der Waals surface area contributed by atoms with Gasteiger partial charge in [0.2, 0.25) is 0 Å². The molecular weight excluding hydrogens is 192 g/mol. The van der Waals surface area contributed by atoms with E-state index in [0.717, 1.165) is 25.1 Å². The van der Waals surface area contributed by atoms with E-state index in [2.05, 4.69) is 10.3 Å². The third kappa shape index (κ3) is 2.39. The lowest BCUT2D eigenvalue weighted by atomic mass is 10.2. The number of hydrogen-bond acceptors (Lipinski definition) is 2. The van der Waals surface area contributed by atoms with Gasteiger partial charge in [-0.3, -0.25) is 4.79 Å². The van der Waals surface area contributed by atoms with E-state index in [4.69, 9.17) is 4.74 Å². The van der Waals surface area contributed by atoms with E-state index in [1.165, 1.54) is 0 Å². The van der Waals surface area contributed by atoms with Gasteiger partial charge in [-0.1, -0.05) is 0 Å². The summed E-state index contributed by atoms with van der Waals surface area (Å²) in [4.78, 5) is 14.7. The van der Waals surface area contributed by atoms with Crippen LogP contribution in [0, 0.1) is 6.92 Å². The standard InChI is InChI=1S/C11H16N2O2/c1-8-10(4-5-12-8)11(14)13-7-9-3-2-6-15-9/h4-5,9,12H,2-3,6-7H2,1H3,(H,13,14). The maximum absolute atomic E-state index is 11.7. The molecule has 1 aromatic rings. The first-order valence-electron chi connectivity index (χ1n) is 5.31. The van der Waals surface area contributed by atoms with Crippen LogP contribution in [-0.4, -0.2) is 30.1 Å². The minimum atomic E-state index is -0.0238. The van der Waals surface area contributed by atoms with Gasteiger partial charge in [-0.2, -0.15) is 0 Å². The average Bonchev–Trinajstić information content (AvgIpc) is 2.84. The Morgan fingerprint density at radius 2 is 2.60 bits per heavy atom. The Labute approximate surface area is 89.0 Å². The number of nitrogens with one attached hydrogen (secondary N) is 2. The van der Waals surface area contributed by atoms with Crippen molar-refractivity contribution >= 4 is 5.91 Å². The van der Waals surface area contributed by atoms with Gasteiger partial charge in [0, 0.05) is 25.0 Å². The molecule has 1 amide bonds. The van der Waals surface area contributed by atoms with Crippen LogP contribution in [0.2, 0.25) is 0 Å². The number of amides is 1. The molecule has 1 fully saturated rings. The predicted molar refractivity (Wildman–Crippen MR) is 56.8 cm³/mol. The van der Waals surface area contributed by atoms with Crippen molar-refractivity contribution in [2.75, 3.05) is 13.2 Å². The highest BCUT2D eigenvalue weighted by Crippen LogP contribution is 2.11. The van der Waals surface area contributed by atoms with Crippen molar-refractivity contribution in [3.05, 3.63) is 23.5 Å². The highest BCUT2D eigenvalue weighted by molar-refractivity contribution is 5.95. The van der Waals surface area contributed by atoms with Crippen molar-refractivity contribution < 1.29 is 9.53 Å². The second-order valence-electron chi connectivity index (χ2n) is 3.86. The molecule has 0 saturated carbocycles. The number of carbonyl (C=O) groups is 1. The lowest BCUT2D eigenvalue weighted by Gasteiger charge is -2.10. The van der Waals surface area contributed by atoms with Crippen LogP contribution in [0.1, 0.15) is 28.9 Å². The molecule has 1 aliphatic heterocycles. The van der Waals surface area contributed by atoms with E-state index < -0.39 is 0 Å². The van der Waals surface area contributed by atoms with Gasteiger partial charge in [0.15, 0.2) is 0 Å². The molecule has 0 aliphatic carbocycles. The smallest absolute Gasteiger partial charge is 0.253 e. The third-order valence-corrected chi connectivity index (χ3v) is 2.71. The molecule has 0 spiro atoms. The average molecular weight is 208 g/mol. The molecule has 1 aromatic heterocycles. The zero-order chi connectivity index (χ0) is 10.7. The highest BCUT2D eigenvalue weighted by Gasteiger charge is 2.17. The maximum Gasteiger partial charge on any atom is 0.253 e. The minimum absolute atomic E-state index is 0.0238. The largest absolute Gasteiger partial charge is 0.376 e. The Balaban J connectivity index is 1.84. The van der Waals surface area contributed by atoms with E-state index in [-0.39, 0.29) is 12.0 Å². The summed E-state index contributed by atoms with van der Waals surface area (Å²) >= 11 is 0. The summed E-state index contributed by atoms with van der Waals surface area (Å²) in [6, 6.07) is 1.79. The lowest BCUT2D eigenvalue weighted by molar-refractivity contribution is 0.0857. The van der Waals surface area contributed by atoms with E-state index in [0.29, 0.717) is 12.1 Å². The van der Waals surface area contributed by atoms with Crippen LogP contribution in [0.15, 0.2) is 12.3 Å². The van der Waals surface area contributed by atoms with Crippen molar-refractivity contribution in [3.8, 4) is 0 Å². The molecule has 2 rings (SSSR count). The summed E-state index contributed by atoms with van der Waals surface area (Å²) in [6.07, 6.45) is 4.13. The first-order valence-corrected chi connectivity index (χ1v) is 5.31. The van der Waals surface area contributed by atoms with Crippen molar-refractivity contribution in [1.82, 2.24) is 10.3 Å². The Morgan fingerprint density at radius 1 is 1.73 bits per heavy atom. The van der Waals surface area contributed by atoms with Crippen LogP contribution in [-0.2, 0) is 4.74 Å². The fourth-order valence-electron chi connectivity index (χ4n) is 1.81. The normalized spacial score (nSPS) is 20.5. The van der Waals surface area contributed by atoms with Gasteiger partial charge in [0.05, 0.1) is 11.7 Å². The van der Waals surface area contributed by atoms with Crippen molar-refractivity contribution in [3.63, 3.8) is 0 Å². The molecular formula is C11H16N2O2. The SMILES string of the molecule is Cc1[nH]ccc1C(=O)NCC1CCCO1. The zero-order valence-electron chi connectivity index (χ0n) is 8.88. The topological polar surface area (TPSA) is 54.1 Å². The molecule has 2 heterocycles. The Kier molecular flexibility index (Phi) is 3.06.